The van der Waals surface area contributed by atoms with Crippen molar-refractivity contribution in [3.63, 3.8) is 0 Å². The van der Waals surface area contributed by atoms with Crippen LogP contribution in [0.5, 0.6) is 0 Å². The number of nitrogens with one attached hydrogen (secondary N) is 1. The van der Waals surface area contributed by atoms with Gasteiger partial charge in [-0.15, -0.1) is 0 Å². The van der Waals surface area contributed by atoms with E-state index in [1.165, 1.54) is 12.7 Å². The predicted octanol–water partition coefficient (Wildman–Crippen LogP) is 4.11. The molecule has 1 N–H and O–H groups in total. The minimum absolute atomic E-state index is 0.0125. The fourth-order valence-electron chi connectivity index (χ4n) is 3.71. The Morgan fingerprint density at radius 2 is 1.93 bits per heavy atom. The van der Waals surface area contributed by atoms with Gasteiger partial charge in [0, 0.05) is 12.5 Å². The fourth-order valence-corrected chi connectivity index (χ4v) is 5.62. The first-order valence-electron chi connectivity index (χ1n) is 9.52. The molecule has 0 aliphatic heterocycles. The van der Waals surface area contributed by atoms with E-state index in [9.17, 15) is 13.2 Å². The van der Waals surface area contributed by atoms with Gasteiger partial charge in [-0.3, -0.25) is 4.79 Å². The van der Waals surface area contributed by atoms with E-state index in [1.54, 1.807) is 25.1 Å². The van der Waals surface area contributed by atoms with Gasteiger partial charge in [0.15, 0.2) is 9.84 Å². The lowest BCUT2D eigenvalue weighted by atomic mass is 9.89. The number of carbonyl (C=O) groups is 1. The van der Waals surface area contributed by atoms with Crippen LogP contribution in [0.4, 0.5) is 0 Å². The van der Waals surface area contributed by atoms with E-state index < -0.39 is 15.1 Å². The predicted molar refractivity (Wildman–Crippen MR) is 104 cm³/mol. The standard InChI is InChI=1S/C21H27NO4S/c1-15-10-11-16(2)19(13-15)27(24,25)20(18-9-6-12-26-18)14-22-21(23)17-7-4-3-5-8-17/h6,9-13,17,20H,3-5,7-8,14H2,1-2H3,(H,22,23)/t20-/m1/s1. The van der Waals surface area contributed by atoms with Crippen molar-refractivity contribution in [3.8, 4) is 0 Å². The zero-order valence-electron chi connectivity index (χ0n) is 15.9. The third kappa shape index (κ3) is 4.43. The van der Waals surface area contributed by atoms with Crippen LogP contribution in [-0.2, 0) is 14.6 Å². The zero-order chi connectivity index (χ0) is 19.4. The van der Waals surface area contributed by atoms with Crippen LogP contribution in [0.15, 0.2) is 45.9 Å². The molecule has 1 aliphatic rings. The summed E-state index contributed by atoms with van der Waals surface area (Å²) in [5, 5.41) is 1.93. The van der Waals surface area contributed by atoms with Crippen molar-refractivity contribution in [2.24, 2.45) is 5.92 Å². The SMILES string of the molecule is Cc1ccc(C)c(S(=O)(=O)[C@H](CNC(=O)C2CCCCC2)c2ccco2)c1. The number of benzene rings is 1. The summed E-state index contributed by atoms with van der Waals surface area (Å²) in [6, 6.07) is 8.71. The number of hydrogen-bond acceptors (Lipinski definition) is 4. The van der Waals surface area contributed by atoms with Crippen LogP contribution in [0.25, 0.3) is 0 Å². The Bertz CT molecular complexity index is 881. The summed E-state index contributed by atoms with van der Waals surface area (Å²) in [5.74, 6) is 0.279. The van der Waals surface area contributed by atoms with Crippen molar-refractivity contribution >= 4 is 15.7 Å². The van der Waals surface area contributed by atoms with E-state index in [4.69, 9.17) is 4.42 Å². The molecule has 146 valence electrons. The molecule has 1 aliphatic carbocycles. The molecule has 6 heteroatoms. The monoisotopic (exact) mass is 389 g/mol. The molecule has 0 saturated heterocycles. The molecule has 5 nitrogen and oxygen atoms in total. The summed E-state index contributed by atoms with van der Waals surface area (Å²) in [4.78, 5) is 12.8. The summed E-state index contributed by atoms with van der Waals surface area (Å²) in [5.41, 5.74) is 1.57. The van der Waals surface area contributed by atoms with Gasteiger partial charge in [-0.05, 0) is 56.0 Å². The van der Waals surface area contributed by atoms with Gasteiger partial charge in [0.05, 0.1) is 11.2 Å². The number of aryl methyl sites for hydroxylation is 2. The van der Waals surface area contributed by atoms with E-state index in [0.29, 0.717) is 11.3 Å². The molecule has 1 amide bonds. The molecule has 1 aromatic heterocycles. The lowest BCUT2D eigenvalue weighted by Crippen LogP contribution is -2.36. The second-order valence-corrected chi connectivity index (χ2v) is 9.50. The molecule has 27 heavy (non-hydrogen) atoms. The smallest absolute Gasteiger partial charge is 0.223 e. The van der Waals surface area contributed by atoms with E-state index in [-0.39, 0.29) is 23.3 Å². The van der Waals surface area contributed by atoms with Crippen LogP contribution in [0.3, 0.4) is 0 Å². The van der Waals surface area contributed by atoms with Gasteiger partial charge in [-0.25, -0.2) is 8.42 Å². The van der Waals surface area contributed by atoms with E-state index in [0.717, 1.165) is 31.2 Å². The highest BCUT2D eigenvalue weighted by Crippen LogP contribution is 2.32. The van der Waals surface area contributed by atoms with Crippen molar-refractivity contribution in [3.05, 3.63) is 53.5 Å². The molecule has 1 fully saturated rings. The maximum absolute atomic E-state index is 13.4. The number of amides is 1. The van der Waals surface area contributed by atoms with Gasteiger partial charge < -0.3 is 9.73 Å². The van der Waals surface area contributed by atoms with Crippen LogP contribution < -0.4 is 5.32 Å². The third-order valence-electron chi connectivity index (χ3n) is 5.32. The van der Waals surface area contributed by atoms with Gasteiger partial charge in [0.2, 0.25) is 5.91 Å². The normalized spacial score (nSPS) is 16.8. The fraction of sp³-hybridized carbons (Fsp3) is 0.476. The molecular formula is C21H27NO4S. The highest BCUT2D eigenvalue weighted by atomic mass is 32.2. The van der Waals surface area contributed by atoms with Crippen molar-refractivity contribution in [2.75, 3.05) is 6.54 Å². The Balaban J connectivity index is 1.85. The quantitative estimate of drug-likeness (QED) is 0.807. The average Bonchev–Trinajstić information content (AvgIpc) is 3.18. The lowest BCUT2D eigenvalue weighted by Gasteiger charge is -2.23. The molecule has 1 aromatic carbocycles. The zero-order valence-corrected chi connectivity index (χ0v) is 16.7. The van der Waals surface area contributed by atoms with Gasteiger partial charge in [0.25, 0.3) is 0 Å². The second kappa shape index (κ2) is 8.30. The number of hydrogen-bond donors (Lipinski definition) is 1. The number of sulfone groups is 1. The second-order valence-electron chi connectivity index (χ2n) is 7.40. The molecule has 3 rings (SSSR count). The van der Waals surface area contributed by atoms with Crippen molar-refractivity contribution in [2.45, 2.75) is 56.1 Å². The summed E-state index contributed by atoms with van der Waals surface area (Å²) in [6.45, 7) is 3.66. The van der Waals surface area contributed by atoms with Crippen LogP contribution in [0.1, 0.15) is 54.2 Å². The first-order chi connectivity index (χ1) is 12.9. The minimum atomic E-state index is -3.71. The van der Waals surface area contributed by atoms with Crippen LogP contribution in [0.2, 0.25) is 0 Å². The van der Waals surface area contributed by atoms with Crippen LogP contribution >= 0.6 is 0 Å². The maximum Gasteiger partial charge on any atom is 0.223 e. The van der Waals surface area contributed by atoms with E-state index in [2.05, 4.69) is 5.32 Å². The summed E-state index contributed by atoms with van der Waals surface area (Å²) >= 11 is 0. The first-order valence-corrected chi connectivity index (χ1v) is 11.1. The van der Waals surface area contributed by atoms with E-state index in [1.807, 2.05) is 19.1 Å². The van der Waals surface area contributed by atoms with Crippen LogP contribution in [0, 0.1) is 19.8 Å². The van der Waals surface area contributed by atoms with Gasteiger partial charge in [-0.2, -0.15) is 0 Å². The highest BCUT2D eigenvalue weighted by molar-refractivity contribution is 7.91. The van der Waals surface area contributed by atoms with Gasteiger partial charge >= 0.3 is 0 Å². The summed E-state index contributed by atoms with van der Waals surface area (Å²) in [7, 11) is -3.71. The molecule has 1 atom stereocenters. The van der Waals surface area contributed by atoms with E-state index >= 15 is 0 Å². The summed E-state index contributed by atoms with van der Waals surface area (Å²) < 4.78 is 32.2. The van der Waals surface area contributed by atoms with Crippen molar-refractivity contribution < 1.29 is 17.6 Å². The van der Waals surface area contributed by atoms with Gasteiger partial charge in [-0.1, -0.05) is 31.4 Å². The Kier molecular flexibility index (Phi) is 6.05. The maximum atomic E-state index is 13.4. The Morgan fingerprint density at radius 1 is 1.19 bits per heavy atom. The molecule has 0 radical (unpaired) electrons. The lowest BCUT2D eigenvalue weighted by molar-refractivity contribution is -0.125. The van der Waals surface area contributed by atoms with Crippen LogP contribution in [-0.4, -0.2) is 20.9 Å². The Labute approximate surface area is 161 Å². The third-order valence-corrected chi connectivity index (χ3v) is 7.52. The minimum Gasteiger partial charge on any atom is -0.468 e. The molecule has 1 saturated carbocycles. The summed E-state index contributed by atoms with van der Waals surface area (Å²) in [6.07, 6.45) is 6.49. The Hall–Kier alpha value is -2.08. The number of furan rings is 1. The Morgan fingerprint density at radius 3 is 2.59 bits per heavy atom. The average molecular weight is 390 g/mol. The van der Waals surface area contributed by atoms with Crippen molar-refractivity contribution in [1.29, 1.82) is 0 Å². The first kappa shape index (κ1) is 19.7. The molecule has 0 unspecified atom stereocenters. The number of rotatable bonds is 6. The molecular weight excluding hydrogens is 362 g/mol. The molecule has 1 heterocycles. The molecule has 0 bridgehead atoms. The molecule has 2 aromatic rings. The number of carbonyl (C=O) groups excluding carboxylic acids is 1. The topological polar surface area (TPSA) is 76.4 Å². The molecule has 0 spiro atoms. The highest BCUT2D eigenvalue weighted by Gasteiger charge is 2.33. The largest absolute Gasteiger partial charge is 0.468 e. The van der Waals surface area contributed by atoms with Gasteiger partial charge in [0.1, 0.15) is 11.0 Å². The van der Waals surface area contributed by atoms with Crippen molar-refractivity contribution in [1.82, 2.24) is 5.32 Å².